The van der Waals surface area contributed by atoms with Crippen LogP contribution in [0.3, 0.4) is 0 Å². The van der Waals surface area contributed by atoms with Crippen molar-refractivity contribution < 1.29 is 9.47 Å². The van der Waals surface area contributed by atoms with Gasteiger partial charge in [0, 0.05) is 0 Å². The quantitative estimate of drug-likeness (QED) is 0.528. The topological polar surface area (TPSA) is 18.5 Å². The predicted octanol–water partition coefficient (Wildman–Crippen LogP) is 1.33. The van der Waals surface area contributed by atoms with Crippen LogP contribution in [0.25, 0.3) is 0 Å². The van der Waals surface area contributed by atoms with Gasteiger partial charge in [-0.2, -0.15) is 0 Å². The summed E-state index contributed by atoms with van der Waals surface area (Å²) in [5.74, 6) is 2.51. The van der Waals surface area contributed by atoms with Gasteiger partial charge in [0.2, 0.25) is 0 Å². The molecule has 1 aliphatic rings. The summed E-state index contributed by atoms with van der Waals surface area (Å²) < 4.78 is 10.6. The van der Waals surface area contributed by atoms with Crippen LogP contribution in [0.15, 0.2) is 11.6 Å². The normalized spacial score (nSPS) is 31.9. The summed E-state index contributed by atoms with van der Waals surface area (Å²) in [6, 6.07) is 0. The average molecular weight is 152 g/mol. The molecule has 11 heavy (non-hydrogen) atoms. The van der Waals surface area contributed by atoms with Crippen molar-refractivity contribution in [1.29, 1.82) is 0 Å². The molecule has 0 aromatic heterocycles. The third-order valence-electron chi connectivity index (χ3n) is 1.48. The second-order valence-electron chi connectivity index (χ2n) is 2.64. The van der Waals surface area contributed by atoms with Gasteiger partial charge in [-0.15, -0.1) is 6.42 Å². The number of ether oxygens (including phenoxy) is 2. The second-order valence-corrected chi connectivity index (χ2v) is 2.64. The minimum atomic E-state index is -0.235. The zero-order valence-electron chi connectivity index (χ0n) is 6.83. The van der Waals surface area contributed by atoms with E-state index in [0.29, 0.717) is 6.61 Å². The van der Waals surface area contributed by atoms with Gasteiger partial charge in [0.25, 0.3) is 0 Å². The van der Waals surface area contributed by atoms with Crippen molar-refractivity contribution in [2.75, 3.05) is 6.61 Å². The number of rotatable bonds is 1. The van der Waals surface area contributed by atoms with E-state index in [4.69, 9.17) is 15.9 Å². The van der Waals surface area contributed by atoms with Crippen molar-refractivity contribution >= 4 is 0 Å². The maximum absolute atomic E-state index is 5.34. The lowest BCUT2D eigenvalue weighted by molar-refractivity contribution is -0.0164. The maximum Gasteiger partial charge on any atom is 0.178 e. The lowest BCUT2D eigenvalue weighted by atomic mass is 10.3. The van der Waals surface area contributed by atoms with E-state index in [1.165, 1.54) is 0 Å². The third kappa shape index (κ3) is 2.38. The molecule has 0 radical (unpaired) electrons. The summed E-state index contributed by atoms with van der Waals surface area (Å²) in [6.07, 6.45) is 6.91. The van der Waals surface area contributed by atoms with Gasteiger partial charge >= 0.3 is 0 Å². The number of hydrogen-bond acceptors (Lipinski definition) is 2. The zero-order chi connectivity index (χ0) is 8.27. The highest BCUT2D eigenvalue weighted by atomic mass is 16.7. The molecule has 2 atom stereocenters. The molecule has 0 saturated carbocycles. The molecule has 1 rings (SSSR count). The summed E-state index contributed by atoms with van der Waals surface area (Å²) in [6.45, 7) is 4.48. The number of terminal acetylenes is 1. The van der Waals surface area contributed by atoms with Crippen LogP contribution < -0.4 is 0 Å². The highest BCUT2D eigenvalue weighted by Crippen LogP contribution is 2.12. The molecule has 2 nitrogen and oxygen atoms in total. The van der Waals surface area contributed by atoms with Gasteiger partial charge in [-0.3, -0.25) is 0 Å². The first-order valence-electron chi connectivity index (χ1n) is 3.64. The first-order chi connectivity index (χ1) is 5.22. The molecule has 0 amide bonds. The second kappa shape index (κ2) is 3.56. The molecule has 0 spiro atoms. The molecule has 0 N–H and O–H groups in total. The van der Waals surface area contributed by atoms with Crippen LogP contribution in [0, 0.1) is 12.3 Å². The van der Waals surface area contributed by atoms with Crippen molar-refractivity contribution in [3.05, 3.63) is 11.6 Å². The van der Waals surface area contributed by atoms with Crippen molar-refractivity contribution in [2.24, 2.45) is 0 Å². The Morgan fingerprint density at radius 3 is 2.91 bits per heavy atom. The molecule has 0 bridgehead atoms. The van der Waals surface area contributed by atoms with Crippen molar-refractivity contribution in [1.82, 2.24) is 0 Å². The molecule has 0 aromatic rings. The van der Waals surface area contributed by atoms with Gasteiger partial charge in [0.05, 0.1) is 12.7 Å². The van der Waals surface area contributed by atoms with E-state index in [1.54, 1.807) is 0 Å². The Labute approximate surface area is 67.2 Å². The zero-order valence-corrected chi connectivity index (χ0v) is 6.83. The Morgan fingerprint density at radius 2 is 2.45 bits per heavy atom. The third-order valence-corrected chi connectivity index (χ3v) is 1.48. The van der Waals surface area contributed by atoms with Gasteiger partial charge in [0.1, 0.15) is 0 Å². The van der Waals surface area contributed by atoms with Crippen LogP contribution in [0.1, 0.15) is 13.8 Å². The Morgan fingerprint density at radius 1 is 1.73 bits per heavy atom. The highest BCUT2D eigenvalue weighted by Gasteiger charge is 2.19. The van der Waals surface area contributed by atoms with Gasteiger partial charge in [0.15, 0.2) is 6.29 Å². The smallest absolute Gasteiger partial charge is 0.178 e. The van der Waals surface area contributed by atoms with Crippen LogP contribution in [-0.2, 0) is 9.47 Å². The lowest BCUT2D eigenvalue weighted by Gasteiger charge is -2.03. The standard InChI is InChI=1S/C9H12O2/c1-4-7(2)5-9-10-6-8(3)11-9/h1,5,8-9H,6H2,2-3H3. The molecule has 2 unspecified atom stereocenters. The highest BCUT2D eigenvalue weighted by molar-refractivity contribution is 5.23. The average Bonchev–Trinajstić information content (AvgIpc) is 2.35. The fourth-order valence-corrected chi connectivity index (χ4v) is 0.878. The Bertz CT molecular complexity index is 200. The first-order valence-corrected chi connectivity index (χ1v) is 3.64. The molecule has 2 heteroatoms. The van der Waals surface area contributed by atoms with Crippen LogP contribution in [-0.4, -0.2) is 19.0 Å². The monoisotopic (exact) mass is 152 g/mol. The van der Waals surface area contributed by atoms with Crippen LogP contribution >= 0.6 is 0 Å². The maximum atomic E-state index is 5.34. The van der Waals surface area contributed by atoms with E-state index in [9.17, 15) is 0 Å². The Kier molecular flexibility index (Phi) is 2.70. The fourth-order valence-electron chi connectivity index (χ4n) is 0.878. The molecule has 1 heterocycles. The Balaban J connectivity index is 2.46. The van der Waals surface area contributed by atoms with E-state index >= 15 is 0 Å². The molecular weight excluding hydrogens is 140 g/mol. The fraction of sp³-hybridized carbons (Fsp3) is 0.556. The molecule has 1 fully saturated rings. The van der Waals surface area contributed by atoms with E-state index in [-0.39, 0.29) is 12.4 Å². The first kappa shape index (κ1) is 8.32. The van der Waals surface area contributed by atoms with Crippen molar-refractivity contribution in [3.63, 3.8) is 0 Å². The molecule has 0 aromatic carbocycles. The summed E-state index contributed by atoms with van der Waals surface area (Å²) in [4.78, 5) is 0. The summed E-state index contributed by atoms with van der Waals surface area (Å²) in [5, 5.41) is 0. The minimum Gasteiger partial charge on any atom is -0.346 e. The molecular formula is C9H12O2. The summed E-state index contributed by atoms with van der Waals surface area (Å²) >= 11 is 0. The van der Waals surface area contributed by atoms with E-state index < -0.39 is 0 Å². The minimum absolute atomic E-state index is 0.182. The van der Waals surface area contributed by atoms with Gasteiger partial charge in [-0.05, 0) is 25.5 Å². The van der Waals surface area contributed by atoms with Crippen LogP contribution in [0.4, 0.5) is 0 Å². The molecule has 1 aliphatic heterocycles. The van der Waals surface area contributed by atoms with E-state index in [0.717, 1.165) is 5.57 Å². The predicted molar refractivity (Wildman–Crippen MR) is 42.9 cm³/mol. The van der Waals surface area contributed by atoms with Crippen molar-refractivity contribution in [3.8, 4) is 12.3 Å². The van der Waals surface area contributed by atoms with E-state index in [1.807, 2.05) is 19.9 Å². The molecule has 0 aliphatic carbocycles. The van der Waals surface area contributed by atoms with Crippen molar-refractivity contribution in [2.45, 2.75) is 26.2 Å². The summed E-state index contributed by atoms with van der Waals surface area (Å²) in [5.41, 5.74) is 0.851. The van der Waals surface area contributed by atoms with E-state index in [2.05, 4.69) is 5.92 Å². The number of allylic oxidation sites excluding steroid dienone is 1. The van der Waals surface area contributed by atoms with Gasteiger partial charge in [-0.25, -0.2) is 0 Å². The largest absolute Gasteiger partial charge is 0.346 e. The molecule has 1 saturated heterocycles. The lowest BCUT2D eigenvalue weighted by Crippen LogP contribution is -2.06. The van der Waals surface area contributed by atoms with Gasteiger partial charge in [-0.1, -0.05) is 5.92 Å². The Hall–Kier alpha value is -0.780. The SMILES string of the molecule is C#CC(C)=CC1OCC(C)O1. The molecule has 60 valence electrons. The van der Waals surface area contributed by atoms with Crippen LogP contribution in [0.2, 0.25) is 0 Å². The van der Waals surface area contributed by atoms with Crippen LogP contribution in [0.5, 0.6) is 0 Å². The van der Waals surface area contributed by atoms with Gasteiger partial charge < -0.3 is 9.47 Å². The summed E-state index contributed by atoms with van der Waals surface area (Å²) in [7, 11) is 0. The number of hydrogen-bond donors (Lipinski definition) is 0.